The zero-order chi connectivity index (χ0) is 20.5. The molecule has 0 atom stereocenters. The molecule has 5 nitrogen and oxygen atoms in total. The molecule has 0 aliphatic carbocycles. The second-order valence-corrected chi connectivity index (χ2v) is 8.25. The molecule has 3 aromatic rings. The van der Waals surface area contributed by atoms with E-state index in [0.29, 0.717) is 11.6 Å². The Kier molecular flexibility index (Phi) is 5.72. The van der Waals surface area contributed by atoms with Gasteiger partial charge in [0.1, 0.15) is 5.02 Å². The molecule has 0 N–H and O–H groups in total. The van der Waals surface area contributed by atoms with E-state index < -0.39 is 0 Å². The molecule has 2 heterocycles. The van der Waals surface area contributed by atoms with Gasteiger partial charge < -0.3 is 4.90 Å². The summed E-state index contributed by atoms with van der Waals surface area (Å²) in [4.78, 5) is 17.4. The van der Waals surface area contributed by atoms with Crippen molar-refractivity contribution in [3.05, 3.63) is 80.2 Å². The fourth-order valence-corrected chi connectivity index (χ4v) is 4.36. The predicted octanol–water partition coefficient (Wildman–Crippen LogP) is 4.11. The zero-order valence-electron chi connectivity index (χ0n) is 16.6. The van der Waals surface area contributed by atoms with Gasteiger partial charge >= 0.3 is 0 Å². The van der Waals surface area contributed by atoms with Crippen molar-refractivity contribution in [2.24, 2.45) is 7.05 Å². The van der Waals surface area contributed by atoms with E-state index in [0.717, 1.165) is 42.6 Å². The molecule has 4 rings (SSSR count). The van der Waals surface area contributed by atoms with E-state index in [-0.39, 0.29) is 5.56 Å². The van der Waals surface area contributed by atoms with Crippen LogP contribution in [0.4, 0.5) is 5.69 Å². The number of rotatable bonds is 4. The zero-order valence-corrected chi connectivity index (χ0v) is 18.1. The van der Waals surface area contributed by atoms with Crippen molar-refractivity contribution in [3.8, 4) is 5.69 Å². The van der Waals surface area contributed by atoms with Crippen molar-refractivity contribution in [1.29, 1.82) is 0 Å². The molecule has 1 saturated heterocycles. The van der Waals surface area contributed by atoms with Crippen LogP contribution in [0.1, 0.15) is 11.3 Å². The third-order valence-corrected chi connectivity index (χ3v) is 6.20. The van der Waals surface area contributed by atoms with Crippen molar-refractivity contribution in [2.45, 2.75) is 13.5 Å². The lowest BCUT2D eigenvalue weighted by molar-refractivity contribution is 0.243. The lowest BCUT2D eigenvalue weighted by Gasteiger charge is -2.37. The standard InChI is InChI=1S/C22H24Cl2N4O/c1-16-8-9-17(23)14-19(16)27-12-10-26(11-13-27)15-20-21(24)22(29)28(25(20)2)18-6-4-3-5-7-18/h3-9,14H,10-13,15H2,1-2H3. The van der Waals surface area contributed by atoms with E-state index in [1.807, 2.05) is 54.2 Å². The number of anilines is 1. The summed E-state index contributed by atoms with van der Waals surface area (Å²) >= 11 is 12.6. The number of aromatic nitrogens is 2. The summed E-state index contributed by atoms with van der Waals surface area (Å²) < 4.78 is 3.50. The van der Waals surface area contributed by atoms with Crippen LogP contribution < -0.4 is 10.5 Å². The second kappa shape index (κ2) is 8.27. The van der Waals surface area contributed by atoms with Crippen LogP contribution >= 0.6 is 23.2 Å². The number of halogens is 2. The van der Waals surface area contributed by atoms with Crippen LogP contribution in [0.15, 0.2) is 53.3 Å². The predicted molar refractivity (Wildman–Crippen MR) is 120 cm³/mol. The molecular formula is C22H24Cl2N4O. The van der Waals surface area contributed by atoms with Gasteiger partial charge in [0.2, 0.25) is 0 Å². The summed E-state index contributed by atoms with van der Waals surface area (Å²) in [5, 5.41) is 1.06. The van der Waals surface area contributed by atoms with Gasteiger partial charge in [-0.3, -0.25) is 14.4 Å². The molecule has 2 aromatic carbocycles. The molecule has 29 heavy (non-hydrogen) atoms. The van der Waals surface area contributed by atoms with Crippen LogP contribution in [0.5, 0.6) is 0 Å². The Hall–Kier alpha value is -2.21. The minimum absolute atomic E-state index is 0.177. The van der Waals surface area contributed by atoms with Gasteiger partial charge in [-0.15, -0.1) is 0 Å². The van der Waals surface area contributed by atoms with Gasteiger partial charge in [0.15, 0.2) is 0 Å². The summed E-state index contributed by atoms with van der Waals surface area (Å²) in [6, 6.07) is 15.6. The van der Waals surface area contributed by atoms with E-state index in [1.54, 1.807) is 4.68 Å². The molecule has 1 aliphatic rings. The average Bonchev–Trinajstić information content (AvgIpc) is 2.94. The van der Waals surface area contributed by atoms with Crippen molar-refractivity contribution in [2.75, 3.05) is 31.1 Å². The van der Waals surface area contributed by atoms with Crippen LogP contribution in [0.3, 0.4) is 0 Å². The Morgan fingerprint density at radius 3 is 2.34 bits per heavy atom. The first kappa shape index (κ1) is 20.1. The van der Waals surface area contributed by atoms with Gasteiger partial charge in [-0.1, -0.05) is 47.5 Å². The monoisotopic (exact) mass is 430 g/mol. The third-order valence-electron chi connectivity index (χ3n) is 5.58. The van der Waals surface area contributed by atoms with Gasteiger partial charge in [0, 0.05) is 50.5 Å². The number of hydrogen-bond acceptors (Lipinski definition) is 3. The largest absolute Gasteiger partial charge is 0.369 e. The smallest absolute Gasteiger partial charge is 0.290 e. The first-order valence-electron chi connectivity index (χ1n) is 9.71. The SMILES string of the molecule is Cc1ccc(Cl)cc1N1CCN(Cc2c(Cl)c(=O)n(-c3ccccc3)n2C)CC1. The minimum atomic E-state index is -0.177. The first-order valence-corrected chi connectivity index (χ1v) is 10.5. The highest BCUT2D eigenvalue weighted by atomic mass is 35.5. The van der Waals surface area contributed by atoms with Gasteiger partial charge in [0.05, 0.1) is 11.4 Å². The summed E-state index contributed by atoms with van der Waals surface area (Å²) in [7, 11) is 1.89. The minimum Gasteiger partial charge on any atom is -0.369 e. The number of benzene rings is 2. The second-order valence-electron chi connectivity index (χ2n) is 7.43. The molecule has 0 bridgehead atoms. The third kappa shape index (κ3) is 3.95. The number of nitrogens with zero attached hydrogens (tertiary/aromatic N) is 4. The maximum atomic E-state index is 12.7. The van der Waals surface area contributed by atoms with Gasteiger partial charge in [-0.05, 0) is 36.8 Å². The Balaban J connectivity index is 1.50. The normalized spacial score (nSPS) is 15.1. The molecule has 0 amide bonds. The van der Waals surface area contributed by atoms with E-state index in [4.69, 9.17) is 23.2 Å². The Morgan fingerprint density at radius 2 is 1.66 bits per heavy atom. The molecule has 1 aromatic heterocycles. The van der Waals surface area contributed by atoms with E-state index in [9.17, 15) is 4.79 Å². The molecular weight excluding hydrogens is 407 g/mol. The first-order chi connectivity index (χ1) is 14.0. The topological polar surface area (TPSA) is 33.4 Å². The molecule has 1 aliphatic heterocycles. The van der Waals surface area contributed by atoms with Crippen LogP contribution in [-0.4, -0.2) is 40.4 Å². The fourth-order valence-electron chi connectivity index (χ4n) is 3.93. The maximum Gasteiger partial charge on any atom is 0.290 e. The van der Waals surface area contributed by atoms with E-state index >= 15 is 0 Å². The number of para-hydroxylation sites is 1. The van der Waals surface area contributed by atoms with Crippen LogP contribution in [0.25, 0.3) is 5.69 Å². The Morgan fingerprint density at radius 1 is 0.966 bits per heavy atom. The van der Waals surface area contributed by atoms with E-state index in [1.165, 1.54) is 11.3 Å². The van der Waals surface area contributed by atoms with Crippen molar-refractivity contribution in [3.63, 3.8) is 0 Å². The van der Waals surface area contributed by atoms with Crippen molar-refractivity contribution >= 4 is 28.9 Å². The van der Waals surface area contributed by atoms with Crippen molar-refractivity contribution < 1.29 is 0 Å². The van der Waals surface area contributed by atoms with E-state index in [2.05, 4.69) is 22.8 Å². The Bertz CT molecular complexity index is 1070. The highest BCUT2D eigenvalue weighted by Gasteiger charge is 2.23. The molecule has 0 unspecified atom stereocenters. The molecule has 0 spiro atoms. The number of hydrogen-bond donors (Lipinski definition) is 0. The molecule has 0 radical (unpaired) electrons. The average molecular weight is 431 g/mol. The highest BCUT2D eigenvalue weighted by Crippen LogP contribution is 2.26. The quantitative estimate of drug-likeness (QED) is 0.624. The molecule has 152 valence electrons. The maximum absolute atomic E-state index is 12.7. The van der Waals surface area contributed by atoms with Gasteiger partial charge in [-0.2, -0.15) is 0 Å². The molecule has 0 saturated carbocycles. The summed E-state index contributed by atoms with van der Waals surface area (Å²) in [6.07, 6.45) is 0. The summed E-state index contributed by atoms with van der Waals surface area (Å²) in [6.45, 7) is 6.37. The van der Waals surface area contributed by atoms with Crippen molar-refractivity contribution in [1.82, 2.24) is 14.3 Å². The lowest BCUT2D eigenvalue weighted by atomic mass is 10.1. The van der Waals surface area contributed by atoms with Crippen LogP contribution in [0, 0.1) is 6.92 Å². The highest BCUT2D eigenvalue weighted by molar-refractivity contribution is 6.31. The van der Waals surface area contributed by atoms with Gasteiger partial charge in [0.25, 0.3) is 5.56 Å². The van der Waals surface area contributed by atoms with Crippen LogP contribution in [0.2, 0.25) is 10.0 Å². The number of aryl methyl sites for hydroxylation is 1. The van der Waals surface area contributed by atoms with Crippen LogP contribution in [-0.2, 0) is 13.6 Å². The summed E-state index contributed by atoms with van der Waals surface area (Å²) in [5.74, 6) is 0. The number of piperazine rings is 1. The Labute approximate surface area is 180 Å². The summed E-state index contributed by atoms with van der Waals surface area (Å²) in [5.41, 5.74) is 3.90. The molecule has 7 heteroatoms. The molecule has 1 fully saturated rings. The fraction of sp³-hybridized carbons (Fsp3) is 0.318. The lowest BCUT2D eigenvalue weighted by Crippen LogP contribution is -2.46. The van der Waals surface area contributed by atoms with Gasteiger partial charge in [-0.25, -0.2) is 4.68 Å².